The van der Waals surface area contributed by atoms with E-state index in [0.717, 1.165) is 29.3 Å². The van der Waals surface area contributed by atoms with E-state index in [-0.39, 0.29) is 6.04 Å². The first-order chi connectivity index (χ1) is 9.65. The predicted molar refractivity (Wildman–Crippen MR) is 78.0 cm³/mol. The smallest absolute Gasteiger partial charge is 0.127 e. The number of rotatable bonds is 6. The Morgan fingerprint density at radius 1 is 1.25 bits per heavy atom. The molecule has 0 spiro atoms. The number of hydrogen-bond acceptors (Lipinski definition) is 4. The van der Waals surface area contributed by atoms with Crippen molar-refractivity contribution < 1.29 is 9.47 Å². The number of methoxy groups -OCH3 is 2. The molecule has 2 rings (SSSR count). The summed E-state index contributed by atoms with van der Waals surface area (Å²) in [6.45, 7) is 2.87. The molecule has 5 heteroatoms. The molecule has 1 atom stereocenters. The molecule has 0 aliphatic heterocycles. The van der Waals surface area contributed by atoms with Crippen molar-refractivity contribution in [2.24, 2.45) is 7.05 Å². The fourth-order valence-corrected chi connectivity index (χ4v) is 2.12. The Hall–Kier alpha value is -2.01. The third-order valence-corrected chi connectivity index (χ3v) is 3.42. The molecule has 1 aromatic heterocycles. The monoisotopic (exact) mass is 275 g/mol. The van der Waals surface area contributed by atoms with Gasteiger partial charge in [0.1, 0.15) is 11.5 Å². The van der Waals surface area contributed by atoms with Crippen LogP contribution in [0.4, 0.5) is 0 Å². The number of aryl methyl sites for hydroxylation is 1. The quantitative estimate of drug-likeness (QED) is 0.878. The first kappa shape index (κ1) is 14.4. The molecule has 1 heterocycles. The number of aromatic nitrogens is 2. The van der Waals surface area contributed by atoms with Crippen LogP contribution in [-0.2, 0) is 13.6 Å². The molecule has 0 amide bonds. The van der Waals surface area contributed by atoms with Gasteiger partial charge in [-0.3, -0.25) is 4.68 Å². The highest BCUT2D eigenvalue weighted by Gasteiger charge is 2.12. The van der Waals surface area contributed by atoms with Crippen LogP contribution < -0.4 is 14.8 Å². The SMILES string of the molecule is COc1ccc(C(C)NCc2ccnn2C)c(OC)c1. The average Bonchev–Trinajstić information content (AvgIpc) is 2.89. The van der Waals surface area contributed by atoms with Crippen LogP contribution in [0.25, 0.3) is 0 Å². The van der Waals surface area contributed by atoms with Crippen LogP contribution in [0, 0.1) is 0 Å². The van der Waals surface area contributed by atoms with Crippen LogP contribution in [-0.4, -0.2) is 24.0 Å². The molecule has 5 nitrogen and oxygen atoms in total. The average molecular weight is 275 g/mol. The van der Waals surface area contributed by atoms with Gasteiger partial charge in [-0.2, -0.15) is 5.10 Å². The molecule has 1 aromatic carbocycles. The number of benzene rings is 1. The minimum absolute atomic E-state index is 0.172. The Kier molecular flexibility index (Phi) is 4.63. The Morgan fingerprint density at radius 2 is 2.05 bits per heavy atom. The highest BCUT2D eigenvalue weighted by atomic mass is 16.5. The molecule has 0 saturated carbocycles. The van der Waals surface area contributed by atoms with E-state index in [2.05, 4.69) is 17.3 Å². The standard InChI is InChI=1S/C15H21N3O2/c1-11(16-10-12-7-8-17-18(12)2)14-6-5-13(19-3)9-15(14)20-4/h5-9,11,16H,10H2,1-4H3. The molecule has 1 N–H and O–H groups in total. The Bertz CT molecular complexity index is 566. The summed E-state index contributed by atoms with van der Waals surface area (Å²) >= 11 is 0. The fraction of sp³-hybridized carbons (Fsp3) is 0.400. The maximum absolute atomic E-state index is 5.43. The van der Waals surface area contributed by atoms with Crippen LogP contribution >= 0.6 is 0 Å². The van der Waals surface area contributed by atoms with Gasteiger partial charge in [0.25, 0.3) is 0 Å². The molecule has 20 heavy (non-hydrogen) atoms. The summed E-state index contributed by atoms with van der Waals surface area (Å²) < 4.78 is 12.5. The van der Waals surface area contributed by atoms with Crippen molar-refractivity contribution in [1.29, 1.82) is 0 Å². The lowest BCUT2D eigenvalue weighted by atomic mass is 10.1. The molecular weight excluding hydrogens is 254 g/mol. The van der Waals surface area contributed by atoms with Crippen molar-refractivity contribution in [2.45, 2.75) is 19.5 Å². The van der Waals surface area contributed by atoms with Gasteiger partial charge in [-0.15, -0.1) is 0 Å². The number of nitrogens with zero attached hydrogens (tertiary/aromatic N) is 2. The zero-order valence-electron chi connectivity index (χ0n) is 12.4. The second-order valence-corrected chi connectivity index (χ2v) is 4.66. The number of hydrogen-bond donors (Lipinski definition) is 1. The van der Waals surface area contributed by atoms with Crippen molar-refractivity contribution in [1.82, 2.24) is 15.1 Å². The number of nitrogens with one attached hydrogen (secondary N) is 1. The van der Waals surface area contributed by atoms with Crippen molar-refractivity contribution in [3.8, 4) is 11.5 Å². The second-order valence-electron chi connectivity index (χ2n) is 4.66. The summed E-state index contributed by atoms with van der Waals surface area (Å²) in [5.41, 5.74) is 2.25. The Morgan fingerprint density at radius 3 is 2.65 bits per heavy atom. The zero-order valence-corrected chi connectivity index (χ0v) is 12.4. The summed E-state index contributed by atoms with van der Waals surface area (Å²) in [6, 6.07) is 8.05. The van der Waals surface area contributed by atoms with Gasteiger partial charge >= 0.3 is 0 Å². The van der Waals surface area contributed by atoms with Crippen molar-refractivity contribution in [3.63, 3.8) is 0 Å². The van der Waals surface area contributed by atoms with Gasteiger partial charge in [0.15, 0.2) is 0 Å². The summed E-state index contributed by atoms with van der Waals surface area (Å²) in [6.07, 6.45) is 1.80. The van der Waals surface area contributed by atoms with Crippen LogP contribution in [0.5, 0.6) is 11.5 Å². The lowest BCUT2D eigenvalue weighted by Crippen LogP contribution is -2.20. The zero-order chi connectivity index (χ0) is 14.5. The van der Waals surface area contributed by atoms with Crippen LogP contribution in [0.1, 0.15) is 24.2 Å². The molecule has 0 fully saturated rings. The minimum atomic E-state index is 0.172. The Balaban J connectivity index is 2.08. The predicted octanol–water partition coefficient (Wildman–Crippen LogP) is 2.29. The van der Waals surface area contributed by atoms with Crippen LogP contribution in [0.15, 0.2) is 30.5 Å². The Labute approximate surface area is 119 Å². The first-order valence-electron chi connectivity index (χ1n) is 6.58. The van der Waals surface area contributed by atoms with E-state index in [1.165, 1.54) is 0 Å². The molecule has 0 radical (unpaired) electrons. The first-order valence-corrected chi connectivity index (χ1v) is 6.58. The van der Waals surface area contributed by atoms with E-state index in [4.69, 9.17) is 9.47 Å². The fourth-order valence-electron chi connectivity index (χ4n) is 2.12. The van der Waals surface area contributed by atoms with E-state index in [1.54, 1.807) is 20.4 Å². The summed E-state index contributed by atoms with van der Waals surface area (Å²) in [5.74, 6) is 1.62. The van der Waals surface area contributed by atoms with E-state index >= 15 is 0 Å². The molecule has 0 bridgehead atoms. The largest absolute Gasteiger partial charge is 0.497 e. The maximum Gasteiger partial charge on any atom is 0.127 e. The van der Waals surface area contributed by atoms with E-state index in [9.17, 15) is 0 Å². The maximum atomic E-state index is 5.43. The van der Waals surface area contributed by atoms with Crippen molar-refractivity contribution >= 4 is 0 Å². The highest BCUT2D eigenvalue weighted by molar-refractivity contribution is 5.42. The third kappa shape index (κ3) is 3.11. The van der Waals surface area contributed by atoms with Crippen LogP contribution in [0.2, 0.25) is 0 Å². The molecular formula is C15H21N3O2. The van der Waals surface area contributed by atoms with Crippen LogP contribution in [0.3, 0.4) is 0 Å². The van der Waals surface area contributed by atoms with Gasteiger partial charge in [-0.25, -0.2) is 0 Å². The van der Waals surface area contributed by atoms with E-state index in [0.29, 0.717) is 0 Å². The molecule has 0 aliphatic carbocycles. The van der Waals surface area contributed by atoms with Gasteiger partial charge in [-0.1, -0.05) is 6.07 Å². The lowest BCUT2D eigenvalue weighted by molar-refractivity contribution is 0.385. The molecule has 108 valence electrons. The van der Waals surface area contributed by atoms with Gasteiger partial charge < -0.3 is 14.8 Å². The highest BCUT2D eigenvalue weighted by Crippen LogP contribution is 2.29. The summed E-state index contributed by atoms with van der Waals surface area (Å²) in [4.78, 5) is 0. The number of ether oxygens (including phenoxy) is 2. The topological polar surface area (TPSA) is 48.3 Å². The van der Waals surface area contributed by atoms with E-state index < -0.39 is 0 Å². The molecule has 1 unspecified atom stereocenters. The second kappa shape index (κ2) is 6.43. The van der Waals surface area contributed by atoms with Gasteiger partial charge in [0, 0.05) is 37.5 Å². The molecule has 0 aliphatic rings. The summed E-state index contributed by atoms with van der Waals surface area (Å²) in [7, 11) is 5.26. The van der Waals surface area contributed by atoms with Gasteiger partial charge in [0.2, 0.25) is 0 Å². The molecule has 0 saturated heterocycles. The minimum Gasteiger partial charge on any atom is -0.497 e. The van der Waals surface area contributed by atoms with Crippen molar-refractivity contribution in [2.75, 3.05) is 14.2 Å². The van der Waals surface area contributed by atoms with Crippen molar-refractivity contribution in [3.05, 3.63) is 41.7 Å². The van der Waals surface area contributed by atoms with Gasteiger partial charge in [0.05, 0.1) is 19.9 Å². The normalized spacial score (nSPS) is 12.2. The van der Waals surface area contributed by atoms with Gasteiger partial charge in [-0.05, 0) is 19.1 Å². The van der Waals surface area contributed by atoms with E-state index in [1.807, 2.05) is 36.0 Å². The lowest BCUT2D eigenvalue weighted by Gasteiger charge is -2.18. The summed E-state index contributed by atoms with van der Waals surface area (Å²) in [5, 5.41) is 7.63. The molecule has 2 aromatic rings. The third-order valence-electron chi connectivity index (χ3n) is 3.42.